The maximum Gasteiger partial charge on any atom is 0.255 e. The van der Waals surface area contributed by atoms with Gasteiger partial charge in [-0.2, -0.15) is 0 Å². The van der Waals surface area contributed by atoms with Crippen LogP contribution in [0.15, 0.2) is 90.3 Å². The number of carbonyl (C=O) groups is 1. The van der Waals surface area contributed by atoms with Gasteiger partial charge in [0.15, 0.2) is 0 Å². The van der Waals surface area contributed by atoms with Crippen molar-refractivity contribution in [3.63, 3.8) is 0 Å². The van der Waals surface area contributed by atoms with E-state index in [1.807, 2.05) is 72.1 Å². The smallest absolute Gasteiger partial charge is 0.255 e. The standard InChI is InChI=1S/C29H31N3O2PS/c30-26-13-12-24(28-7-4-20-36-28)21-27(26)31-29(33)23-10-8-22(9-11-23)14-15-32-16-18-35(34,19-17-32)25-5-2-1-3-6-25/h1-13,20-21,34H,14-19,30H2,(H,31,33). The fourth-order valence-electron chi connectivity index (χ4n) is 4.59. The van der Waals surface area contributed by atoms with Crippen molar-refractivity contribution in [1.29, 1.82) is 0 Å². The van der Waals surface area contributed by atoms with E-state index in [9.17, 15) is 9.69 Å². The largest absolute Gasteiger partial charge is 0.397 e. The average molecular weight is 517 g/mol. The number of nitrogen functional groups attached to an aromatic ring is 1. The third-order valence-corrected chi connectivity index (χ3v) is 10.9. The second kappa shape index (κ2) is 10.9. The molecule has 0 atom stereocenters. The Balaban J connectivity index is 1.14. The topological polar surface area (TPSA) is 78.6 Å². The molecule has 5 rings (SSSR count). The third kappa shape index (κ3) is 5.69. The van der Waals surface area contributed by atoms with Crippen LogP contribution in [0.5, 0.6) is 0 Å². The van der Waals surface area contributed by atoms with Crippen LogP contribution >= 0.6 is 18.8 Å². The van der Waals surface area contributed by atoms with Crippen LogP contribution in [-0.2, 0) is 6.42 Å². The number of carbonyl (C=O) groups excluding carboxylic acids is 1. The number of benzene rings is 3. The number of anilines is 2. The number of hydrogen-bond acceptors (Lipinski definition) is 5. The number of hydrogen-bond donors (Lipinski definition) is 3. The van der Waals surface area contributed by atoms with E-state index in [-0.39, 0.29) is 5.91 Å². The second-order valence-corrected chi connectivity index (χ2v) is 13.4. The van der Waals surface area contributed by atoms with Crippen molar-refractivity contribution < 1.29 is 9.69 Å². The minimum Gasteiger partial charge on any atom is -0.397 e. The van der Waals surface area contributed by atoms with Gasteiger partial charge in [0.2, 0.25) is 0 Å². The summed E-state index contributed by atoms with van der Waals surface area (Å²) in [5.74, 6) is -0.170. The molecule has 0 saturated carbocycles. The molecule has 1 saturated heterocycles. The van der Waals surface area contributed by atoms with Gasteiger partial charge < -0.3 is 20.8 Å². The van der Waals surface area contributed by atoms with Crippen molar-refractivity contribution >= 4 is 41.4 Å². The van der Waals surface area contributed by atoms with Crippen LogP contribution < -0.4 is 16.4 Å². The maximum atomic E-state index is 12.9. The maximum absolute atomic E-state index is 12.9. The molecule has 0 spiro atoms. The summed E-state index contributed by atoms with van der Waals surface area (Å²) in [6.45, 7) is 2.80. The van der Waals surface area contributed by atoms with Gasteiger partial charge in [-0.05, 0) is 58.6 Å². The Bertz CT molecular complexity index is 1300. The van der Waals surface area contributed by atoms with Gasteiger partial charge in [-0.3, -0.25) is 4.79 Å². The highest BCUT2D eigenvalue weighted by Crippen LogP contribution is 2.54. The fraction of sp³-hybridized carbons (Fsp3) is 0.207. The molecule has 185 valence electrons. The lowest BCUT2D eigenvalue weighted by Gasteiger charge is -2.40. The van der Waals surface area contributed by atoms with E-state index in [4.69, 9.17) is 5.73 Å². The quantitative estimate of drug-likeness (QED) is 0.228. The molecule has 2 heterocycles. The van der Waals surface area contributed by atoms with Crippen molar-refractivity contribution in [1.82, 2.24) is 4.90 Å². The predicted molar refractivity (Wildman–Crippen MR) is 154 cm³/mol. The minimum absolute atomic E-state index is 0.170. The van der Waals surface area contributed by atoms with Crippen LogP contribution in [0, 0.1) is 0 Å². The van der Waals surface area contributed by atoms with Gasteiger partial charge in [0.25, 0.3) is 5.91 Å². The highest BCUT2D eigenvalue weighted by Gasteiger charge is 2.31. The molecule has 4 N–H and O–H groups in total. The molecule has 0 aliphatic carbocycles. The van der Waals surface area contributed by atoms with Gasteiger partial charge in [-0.1, -0.05) is 54.6 Å². The van der Waals surface area contributed by atoms with Crippen molar-refractivity contribution in [2.45, 2.75) is 6.42 Å². The highest BCUT2D eigenvalue weighted by atomic mass is 32.1. The monoisotopic (exact) mass is 516 g/mol. The van der Waals surface area contributed by atoms with Crippen molar-refractivity contribution in [3.8, 4) is 10.4 Å². The van der Waals surface area contributed by atoms with Gasteiger partial charge >= 0.3 is 0 Å². The zero-order valence-corrected chi connectivity index (χ0v) is 21.8. The van der Waals surface area contributed by atoms with E-state index < -0.39 is 7.49 Å². The van der Waals surface area contributed by atoms with Gasteiger partial charge in [0, 0.05) is 49.9 Å². The van der Waals surface area contributed by atoms with Crippen molar-refractivity contribution in [2.75, 3.05) is 43.0 Å². The fourth-order valence-corrected chi connectivity index (χ4v) is 8.01. The first kappa shape index (κ1) is 24.7. The second-order valence-electron chi connectivity index (χ2n) is 9.23. The molecular weight excluding hydrogens is 485 g/mol. The lowest BCUT2D eigenvalue weighted by atomic mass is 10.1. The number of amides is 1. The summed E-state index contributed by atoms with van der Waals surface area (Å²) in [5.41, 5.74) is 10.1. The molecule has 5 nitrogen and oxygen atoms in total. The Hall–Kier alpha value is -3.02. The lowest BCUT2D eigenvalue weighted by Crippen LogP contribution is -2.40. The van der Waals surface area contributed by atoms with Crippen molar-refractivity contribution in [2.24, 2.45) is 0 Å². The molecule has 0 bridgehead atoms. The van der Waals surface area contributed by atoms with E-state index in [1.54, 1.807) is 11.3 Å². The van der Waals surface area contributed by atoms with Gasteiger partial charge in [0.05, 0.1) is 11.4 Å². The first-order valence-corrected chi connectivity index (χ1v) is 15.2. The van der Waals surface area contributed by atoms with E-state index in [1.165, 1.54) is 5.56 Å². The normalized spacial score (nSPS) is 15.5. The Kier molecular flexibility index (Phi) is 7.49. The van der Waals surface area contributed by atoms with Crippen LogP contribution in [0.25, 0.3) is 10.4 Å². The zero-order valence-electron chi connectivity index (χ0n) is 20.1. The molecule has 1 radical (unpaired) electrons. The summed E-state index contributed by atoms with van der Waals surface area (Å²) in [5, 5.41) is 6.12. The van der Waals surface area contributed by atoms with Crippen LogP contribution in [0.3, 0.4) is 0 Å². The molecule has 1 fully saturated rings. The minimum atomic E-state index is -2.01. The van der Waals surface area contributed by atoms with Gasteiger partial charge in [-0.25, -0.2) is 0 Å². The molecule has 1 amide bonds. The predicted octanol–water partition coefficient (Wildman–Crippen LogP) is 5.36. The van der Waals surface area contributed by atoms with E-state index in [0.29, 0.717) is 16.9 Å². The van der Waals surface area contributed by atoms with Gasteiger partial charge in [-0.15, -0.1) is 11.3 Å². The third-order valence-electron chi connectivity index (χ3n) is 6.85. The molecule has 7 heteroatoms. The SMILES string of the molecule is Nc1ccc(-c2cccs2)cc1NC(=O)c1ccc(CCN2CC[P](O)(c3ccccc3)CC2)cc1. The highest BCUT2D eigenvalue weighted by molar-refractivity contribution is 7.77. The van der Waals surface area contributed by atoms with Crippen LogP contribution in [0.1, 0.15) is 15.9 Å². The number of nitrogens with zero attached hydrogens (tertiary/aromatic N) is 1. The first-order valence-electron chi connectivity index (χ1n) is 12.2. The number of nitrogens with one attached hydrogen (secondary N) is 1. The van der Waals surface area contributed by atoms with Crippen molar-refractivity contribution in [3.05, 3.63) is 101 Å². The summed E-state index contributed by atoms with van der Waals surface area (Å²) in [7, 11) is -2.01. The summed E-state index contributed by atoms with van der Waals surface area (Å²) in [6, 6.07) is 27.7. The Morgan fingerprint density at radius 1 is 0.972 bits per heavy atom. The summed E-state index contributed by atoms with van der Waals surface area (Å²) < 4.78 is 0. The van der Waals surface area contributed by atoms with E-state index in [2.05, 4.69) is 28.4 Å². The molecule has 1 aliphatic rings. The van der Waals surface area contributed by atoms with Crippen LogP contribution in [0.4, 0.5) is 11.4 Å². The Morgan fingerprint density at radius 3 is 2.42 bits per heavy atom. The Morgan fingerprint density at radius 2 is 1.72 bits per heavy atom. The van der Waals surface area contributed by atoms with Crippen LogP contribution in [0.2, 0.25) is 0 Å². The number of nitrogens with two attached hydrogens (primary N) is 1. The number of rotatable bonds is 7. The lowest BCUT2D eigenvalue weighted by molar-refractivity contribution is 0.102. The molecule has 36 heavy (non-hydrogen) atoms. The summed E-state index contributed by atoms with van der Waals surface area (Å²) in [4.78, 5) is 27.6. The Labute approximate surface area is 217 Å². The zero-order chi connectivity index (χ0) is 25.0. The number of thiophene rings is 1. The molecule has 1 aliphatic heterocycles. The summed E-state index contributed by atoms with van der Waals surface area (Å²) >= 11 is 1.65. The van der Waals surface area contributed by atoms with Gasteiger partial charge in [0.1, 0.15) is 0 Å². The molecule has 1 aromatic heterocycles. The average Bonchev–Trinajstić information content (AvgIpc) is 3.46. The molecule has 4 aromatic rings. The first-order chi connectivity index (χ1) is 17.5. The van der Waals surface area contributed by atoms with E-state index in [0.717, 1.165) is 54.1 Å². The van der Waals surface area contributed by atoms with Crippen LogP contribution in [-0.4, -0.2) is 47.7 Å². The van der Waals surface area contributed by atoms with E-state index >= 15 is 0 Å². The molecular formula is C29H31N3O2PS. The molecule has 3 aromatic carbocycles. The summed E-state index contributed by atoms with van der Waals surface area (Å²) in [6.07, 6.45) is 2.62. The molecule has 0 unspecified atom stereocenters.